The minimum absolute atomic E-state index is 0.768. The highest BCUT2D eigenvalue weighted by Crippen LogP contribution is 2.25. The van der Waals surface area contributed by atoms with E-state index in [1.54, 1.807) is 9.80 Å². The number of halogens is 1. The Kier molecular flexibility index (Phi) is 7.36. The van der Waals surface area contributed by atoms with Gasteiger partial charge in [0.1, 0.15) is 31.9 Å². The van der Waals surface area contributed by atoms with Gasteiger partial charge in [0, 0.05) is 17.9 Å². The normalized spacial score (nSPS) is 20.1. The van der Waals surface area contributed by atoms with Gasteiger partial charge in [0.2, 0.25) is 0 Å². The molecule has 0 unspecified atom stereocenters. The van der Waals surface area contributed by atoms with Gasteiger partial charge in [0.05, 0.1) is 19.7 Å². The van der Waals surface area contributed by atoms with Crippen LogP contribution in [-0.4, -0.2) is 45.9 Å². The predicted molar refractivity (Wildman–Crippen MR) is 108 cm³/mol. The molecule has 3 nitrogen and oxygen atoms in total. The lowest BCUT2D eigenvalue weighted by Gasteiger charge is -2.28. The van der Waals surface area contributed by atoms with Crippen LogP contribution in [0.25, 0.3) is 0 Å². The van der Waals surface area contributed by atoms with Crippen LogP contribution in [0.4, 0.5) is 0 Å². The van der Waals surface area contributed by atoms with E-state index < -0.39 is 0 Å². The number of hydrogen-bond donors (Lipinski definition) is 2. The summed E-state index contributed by atoms with van der Waals surface area (Å²) in [5.41, 5.74) is 2.44. The molecule has 0 aromatic heterocycles. The van der Waals surface area contributed by atoms with Crippen molar-refractivity contribution in [2.45, 2.75) is 19.8 Å². The summed E-state index contributed by atoms with van der Waals surface area (Å²) in [6.07, 6.45) is 1.95. The fourth-order valence-corrected chi connectivity index (χ4v) is 3.90. The molecule has 1 heterocycles. The monoisotopic (exact) mass is 374 g/mol. The minimum atomic E-state index is 0.768. The zero-order valence-electron chi connectivity index (χ0n) is 15.8. The average Bonchev–Trinajstić information content (AvgIpc) is 2.68. The van der Waals surface area contributed by atoms with Crippen molar-refractivity contribution in [3.05, 3.63) is 64.7 Å². The Labute approximate surface area is 162 Å². The lowest BCUT2D eigenvalue weighted by Crippen LogP contribution is -3.28. The number of benzene rings is 2. The van der Waals surface area contributed by atoms with E-state index in [1.165, 1.54) is 44.8 Å². The van der Waals surface area contributed by atoms with Gasteiger partial charge in [-0.25, -0.2) is 0 Å². The van der Waals surface area contributed by atoms with Crippen molar-refractivity contribution in [3.63, 3.8) is 0 Å². The van der Waals surface area contributed by atoms with Crippen LogP contribution in [0.2, 0.25) is 5.02 Å². The SMILES string of the molecule is CC[NH+]1CC[NH+](CCCOc2ccc(Cl)cc2Cc2ccccc2)CC1. The van der Waals surface area contributed by atoms with Crippen molar-refractivity contribution >= 4 is 11.6 Å². The maximum Gasteiger partial charge on any atom is 0.127 e. The van der Waals surface area contributed by atoms with Crippen LogP contribution in [0.15, 0.2) is 48.5 Å². The second kappa shape index (κ2) is 9.96. The summed E-state index contributed by atoms with van der Waals surface area (Å²) >= 11 is 6.21. The molecule has 1 saturated heterocycles. The second-order valence-corrected chi connectivity index (χ2v) is 7.66. The lowest BCUT2D eigenvalue weighted by molar-refractivity contribution is -1.01. The number of rotatable bonds is 8. The Morgan fingerprint density at radius 2 is 1.69 bits per heavy atom. The van der Waals surface area contributed by atoms with Gasteiger partial charge in [-0.15, -0.1) is 0 Å². The fourth-order valence-electron chi connectivity index (χ4n) is 3.71. The molecule has 1 fully saturated rings. The Hall–Kier alpha value is -1.55. The topological polar surface area (TPSA) is 18.1 Å². The molecule has 26 heavy (non-hydrogen) atoms. The number of likely N-dealkylation sites (N-methyl/N-ethyl adjacent to an activating group) is 1. The molecule has 1 aliphatic rings. The smallest absolute Gasteiger partial charge is 0.127 e. The summed E-state index contributed by atoms with van der Waals surface area (Å²) in [4.78, 5) is 3.48. The van der Waals surface area contributed by atoms with Gasteiger partial charge in [0.25, 0.3) is 0 Å². The Morgan fingerprint density at radius 3 is 2.42 bits per heavy atom. The first-order chi connectivity index (χ1) is 12.7. The Balaban J connectivity index is 1.48. The molecular weight excluding hydrogens is 344 g/mol. The molecule has 0 atom stereocenters. The van der Waals surface area contributed by atoms with E-state index in [-0.39, 0.29) is 0 Å². The summed E-state index contributed by atoms with van der Waals surface area (Å²) in [6, 6.07) is 16.4. The number of hydrogen-bond acceptors (Lipinski definition) is 1. The first-order valence-electron chi connectivity index (χ1n) is 9.87. The zero-order chi connectivity index (χ0) is 18.2. The van der Waals surface area contributed by atoms with Gasteiger partial charge in [-0.05, 0) is 36.2 Å². The highest BCUT2D eigenvalue weighted by atomic mass is 35.5. The van der Waals surface area contributed by atoms with Crippen molar-refractivity contribution in [1.82, 2.24) is 0 Å². The van der Waals surface area contributed by atoms with Crippen molar-refractivity contribution in [2.75, 3.05) is 45.9 Å². The van der Waals surface area contributed by atoms with Gasteiger partial charge in [0.15, 0.2) is 0 Å². The third-order valence-corrected chi connectivity index (χ3v) is 5.59. The second-order valence-electron chi connectivity index (χ2n) is 7.22. The van der Waals surface area contributed by atoms with E-state index in [1.807, 2.05) is 24.3 Å². The molecule has 3 rings (SSSR count). The van der Waals surface area contributed by atoms with Crippen LogP contribution in [0.5, 0.6) is 5.75 Å². The van der Waals surface area contributed by atoms with E-state index in [0.717, 1.165) is 35.8 Å². The predicted octanol–water partition coefficient (Wildman–Crippen LogP) is 1.50. The highest BCUT2D eigenvalue weighted by Gasteiger charge is 2.20. The third kappa shape index (κ3) is 5.73. The lowest BCUT2D eigenvalue weighted by atomic mass is 10.0. The quantitative estimate of drug-likeness (QED) is 0.670. The van der Waals surface area contributed by atoms with Crippen LogP contribution >= 0.6 is 11.6 Å². The van der Waals surface area contributed by atoms with E-state index in [2.05, 4.69) is 31.2 Å². The van der Waals surface area contributed by atoms with Gasteiger partial charge in [-0.3, -0.25) is 0 Å². The fraction of sp³-hybridized carbons (Fsp3) is 0.455. The van der Waals surface area contributed by atoms with E-state index in [0.29, 0.717) is 0 Å². The Morgan fingerprint density at radius 1 is 0.962 bits per heavy atom. The van der Waals surface area contributed by atoms with Crippen LogP contribution < -0.4 is 14.5 Å². The van der Waals surface area contributed by atoms with E-state index in [9.17, 15) is 0 Å². The molecule has 0 aliphatic carbocycles. The van der Waals surface area contributed by atoms with Crippen LogP contribution in [0.3, 0.4) is 0 Å². The highest BCUT2D eigenvalue weighted by molar-refractivity contribution is 6.30. The van der Waals surface area contributed by atoms with Gasteiger partial charge < -0.3 is 14.5 Å². The largest absolute Gasteiger partial charge is 0.493 e. The first-order valence-corrected chi connectivity index (χ1v) is 10.2. The zero-order valence-corrected chi connectivity index (χ0v) is 16.5. The standard InChI is InChI=1S/C22H29ClN2O/c1-2-24-12-14-25(15-13-24)11-6-16-26-22-10-9-21(23)18-20(22)17-19-7-4-3-5-8-19/h3-5,7-10,18H,2,6,11-17H2,1H3/p+2. The maximum atomic E-state index is 6.21. The van der Waals surface area contributed by atoms with Gasteiger partial charge in [-0.1, -0.05) is 41.9 Å². The molecule has 140 valence electrons. The first kappa shape index (κ1) is 19.2. The molecule has 2 N–H and O–H groups in total. The number of quaternary nitrogens is 2. The average molecular weight is 375 g/mol. The van der Waals surface area contributed by atoms with Crippen molar-refractivity contribution < 1.29 is 14.5 Å². The molecule has 0 spiro atoms. The molecule has 0 radical (unpaired) electrons. The number of ether oxygens (including phenoxy) is 1. The number of nitrogens with one attached hydrogen (secondary N) is 2. The summed E-state index contributed by atoms with van der Waals surface area (Å²) in [5.74, 6) is 0.966. The van der Waals surface area contributed by atoms with Crippen LogP contribution in [0, 0.1) is 0 Å². The molecule has 2 aromatic rings. The van der Waals surface area contributed by atoms with Crippen LogP contribution in [0.1, 0.15) is 24.5 Å². The van der Waals surface area contributed by atoms with Gasteiger partial charge in [-0.2, -0.15) is 0 Å². The van der Waals surface area contributed by atoms with Crippen molar-refractivity contribution in [3.8, 4) is 5.75 Å². The van der Waals surface area contributed by atoms with Crippen molar-refractivity contribution in [1.29, 1.82) is 0 Å². The minimum Gasteiger partial charge on any atom is -0.493 e. The third-order valence-electron chi connectivity index (χ3n) is 5.36. The molecule has 0 saturated carbocycles. The summed E-state index contributed by atoms with van der Waals surface area (Å²) in [6.45, 7) is 10.7. The Bertz CT molecular complexity index is 669. The number of piperazine rings is 1. The molecule has 0 bridgehead atoms. The maximum absolute atomic E-state index is 6.21. The van der Waals surface area contributed by atoms with Crippen LogP contribution in [-0.2, 0) is 6.42 Å². The summed E-state index contributed by atoms with van der Waals surface area (Å²) < 4.78 is 6.12. The molecule has 0 amide bonds. The van der Waals surface area contributed by atoms with E-state index >= 15 is 0 Å². The summed E-state index contributed by atoms with van der Waals surface area (Å²) in [7, 11) is 0. The summed E-state index contributed by atoms with van der Waals surface area (Å²) in [5, 5.41) is 0.768. The molecule has 1 aliphatic heterocycles. The van der Waals surface area contributed by atoms with Crippen molar-refractivity contribution in [2.24, 2.45) is 0 Å². The molecular formula is C22H31ClN2O+2. The molecule has 4 heteroatoms. The van der Waals surface area contributed by atoms with Gasteiger partial charge >= 0.3 is 0 Å². The van der Waals surface area contributed by atoms with E-state index in [4.69, 9.17) is 16.3 Å². The molecule has 2 aromatic carbocycles.